The van der Waals surface area contributed by atoms with E-state index in [0.717, 1.165) is 32.1 Å². The van der Waals surface area contributed by atoms with Crippen molar-refractivity contribution in [2.24, 2.45) is 0 Å². The van der Waals surface area contributed by atoms with Crippen LogP contribution in [0.15, 0.2) is 11.4 Å². The molecule has 0 bridgehead atoms. The van der Waals surface area contributed by atoms with E-state index < -0.39 is 0 Å². The zero-order valence-electron chi connectivity index (χ0n) is 12.2. The van der Waals surface area contributed by atoms with Gasteiger partial charge in [-0.2, -0.15) is 0 Å². The average Bonchev–Trinajstić information content (AvgIpc) is 2.91. The molecule has 0 aliphatic rings. The van der Waals surface area contributed by atoms with Crippen LogP contribution in [0.25, 0.3) is 0 Å². The van der Waals surface area contributed by atoms with Crippen molar-refractivity contribution in [2.75, 3.05) is 6.61 Å². The van der Waals surface area contributed by atoms with Gasteiger partial charge in [0, 0.05) is 11.6 Å². The van der Waals surface area contributed by atoms with Crippen LogP contribution in [0.2, 0.25) is 0 Å². The lowest BCUT2D eigenvalue weighted by Gasteiger charge is -2.17. The van der Waals surface area contributed by atoms with Crippen molar-refractivity contribution >= 4 is 17.2 Å². The molecule has 0 radical (unpaired) electrons. The van der Waals surface area contributed by atoms with E-state index in [4.69, 9.17) is 5.11 Å². The predicted octanol–water partition coefficient (Wildman–Crippen LogP) is 3.18. The summed E-state index contributed by atoms with van der Waals surface area (Å²) in [5.41, 5.74) is 0.701. The third kappa shape index (κ3) is 5.36. The molecule has 20 heavy (non-hydrogen) atoms. The Kier molecular flexibility index (Phi) is 8.01. The summed E-state index contributed by atoms with van der Waals surface area (Å²) in [7, 11) is 0. The molecule has 1 aromatic rings. The largest absolute Gasteiger partial charge is 0.384 e. The Morgan fingerprint density at radius 2 is 2.20 bits per heavy atom. The van der Waals surface area contributed by atoms with E-state index >= 15 is 0 Å². The van der Waals surface area contributed by atoms with E-state index in [0.29, 0.717) is 10.4 Å². The van der Waals surface area contributed by atoms with Gasteiger partial charge in [-0.25, -0.2) is 0 Å². The topological polar surface area (TPSA) is 49.3 Å². The summed E-state index contributed by atoms with van der Waals surface area (Å²) in [5.74, 6) is 5.37. The van der Waals surface area contributed by atoms with Gasteiger partial charge in [-0.05, 0) is 24.3 Å². The molecule has 1 aromatic heterocycles. The van der Waals surface area contributed by atoms with Crippen molar-refractivity contribution in [3.05, 3.63) is 21.9 Å². The van der Waals surface area contributed by atoms with Gasteiger partial charge >= 0.3 is 0 Å². The third-order valence-corrected chi connectivity index (χ3v) is 3.97. The SMILES string of the molecule is CCCCC(CCC)NC(=O)c1sccc1C#CCO. The maximum absolute atomic E-state index is 12.3. The number of aliphatic hydroxyl groups is 1. The molecule has 0 aliphatic heterocycles. The Bertz CT molecular complexity index is 470. The number of hydrogen-bond acceptors (Lipinski definition) is 3. The number of carbonyl (C=O) groups excluding carboxylic acids is 1. The fourth-order valence-electron chi connectivity index (χ4n) is 2.06. The van der Waals surface area contributed by atoms with Gasteiger partial charge in [-0.1, -0.05) is 45.0 Å². The van der Waals surface area contributed by atoms with Gasteiger partial charge < -0.3 is 10.4 Å². The Balaban J connectivity index is 2.70. The van der Waals surface area contributed by atoms with Crippen LogP contribution >= 0.6 is 11.3 Å². The first kappa shape index (κ1) is 16.7. The highest BCUT2D eigenvalue weighted by Crippen LogP contribution is 2.17. The van der Waals surface area contributed by atoms with Crippen LogP contribution in [0.1, 0.15) is 61.2 Å². The van der Waals surface area contributed by atoms with Gasteiger partial charge in [0.15, 0.2) is 0 Å². The number of hydrogen-bond donors (Lipinski definition) is 2. The lowest BCUT2D eigenvalue weighted by atomic mass is 10.0. The summed E-state index contributed by atoms with van der Waals surface area (Å²) >= 11 is 1.40. The highest BCUT2D eigenvalue weighted by molar-refractivity contribution is 7.12. The summed E-state index contributed by atoms with van der Waals surface area (Å²) in [4.78, 5) is 12.9. The maximum atomic E-state index is 12.3. The van der Waals surface area contributed by atoms with Gasteiger partial charge in [0.1, 0.15) is 11.5 Å². The first-order valence-electron chi connectivity index (χ1n) is 7.21. The number of carbonyl (C=O) groups is 1. The molecule has 4 heteroatoms. The second-order valence-electron chi connectivity index (χ2n) is 4.72. The van der Waals surface area contributed by atoms with Crippen molar-refractivity contribution in [1.82, 2.24) is 5.32 Å². The van der Waals surface area contributed by atoms with Crippen molar-refractivity contribution in [1.29, 1.82) is 0 Å². The predicted molar refractivity (Wildman–Crippen MR) is 84.0 cm³/mol. The number of nitrogens with one attached hydrogen (secondary N) is 1. The monoisotopic (exact) mass is 293 g/mol. The molecule has 0 saturated heterocycles. The second-order valence-corrected chi connectivity index (χ2v) is 5.64. The number of unbranched alkanes of at least 4 members (excludes halogenated alkanes) is 1. The molecule has 110 valence electrons. The fourth-order valence-corrected chi connectivity index (χ4v) is 2.81. The van der Waals surface area contributed by atoms with Crippen LogP contribution in [0.3, 0.4) is 0 Å². The Labute approximate surface area is 125 Å². The average molecular weight is 293 g/mol. The van der Waals surface area contributed by atoms with Crippen LogP contribution in [0.4, 0.5) is 0 Å². The molecule has 1 atom stereocenters. The molecule has 0 fully saturated rings. The van der Waals surface area contributed by atoms with Crippen LogP contribution in [0, 0.1) is 11.8 Å². The normalized spacial score (nSPS) is 11.6. The maximum Gasteiger partial charge on any atom is 0.262 e. The Morgan fingerprint density at radius 3 is 2.85 bits per heavy atom. The summed E-state index contributed by atoms with van der Waals surface area (Å²) in [6.45, 7) is 4.10. The molecule has 3 nitrogen and oxygen atoms in total. The van der Waals surface area contributed by atoms with Crippen LogP contribution in [-0.2, 0) is 0 Å². The Morgan fingerprint density at radius 1 is 1.40 bits per heavy atom. The molecule has 0 aromatic carbocycles. The summed E-state index contributed by atoms with van der Waals surface area (Å²) in [5, 5.41) is 13.7. The smallest absolute Gasteiger partial charge is 0.262 e. The highest BCUT2D eigenvalue weighted by Gasteiger charge is 2.16. The minimum atomic E-state index is -0.189. The van der Waals surface area contributed by atoms with Crippen molar-refractivity contribution in [3.8, 4) is 11.8 Å². The lowest BCUT2D eigenvalue weighted by molar-refractivity contribution is 0.0936. The minimum absolute atomic E-state index is 0.0446. The lowest BCUT2D eigenvalue weighted by Crippen LogP contribution is -2.34. The number of rotatable bonds is 7. The van der Waals surface area contributed by atoms with E-state index in [-0.39, 0.29) is 18.6 Å². The van der Waals surface area contributed by atoms with Crippen molar-refractivity contribution in [3.63, 3.8) is 0 Å². The molecule has 1 rings (SSSR count). The quantitative estimate of drug-likeness (QED) is 0.759. The fraction of sp³-hybridized carbons (Fsp3) is 0.562. The van der Waals surface area contributed by atoms with Gasteiger partial charge in [0.25, 0.3) is 5.91 Å². The van der Waals surface area contributed by atoms with Crippen LogP contribution < -0.4 is 5.32 Å². The minimum Gasteiger partial charge on any atom is -0.384 e. The summed E-state index contributed by atoms with van der Waals surface area (Å²) in [6.07, 6.45) is 5.37. The zero-order valence-corrected chi connectivity index (χ0v) is 13.1. The van der Waals surface area contributed by atoms with Crippen LogP contribution in [0.5, 0.6) is 0 Å². The number of aliphatic hydroxyl groups excluding tert-OH is 1. The first-order valence-corrected chi connectivity index (χ1v) is 8.08. The summed E-state index contributed by atoms with van der Waals surface area (Å²) < 4.78 is 0. The molecule has 0 saturated carbocycles. The van der Waals surface area contributed by atoms with Crippen molar-refractivity contribution < 1.29 is 9.90 Å². The Hall–Kier alpha value is -1.31. The van der Waals surface area contributed by atoms with E-state index in [9.17, 15) is 4.79 Å². The first-order chi connectivity index (χ1) is 9.72. The molecule has 1 amide bonds. The van der Waals surface area contributed by atoms with E-state index in [1.807, 2.05) is 11.4 Å². The molecule has 2 N–H and O–H groups in total. The summed E-state index contributed by atoms with van der Waals surface area (Å²) in [6, 6.07) is 2.07. The van der Waals surface area contributed by atoms with E-state index in [2.05, 4.69) is 31.0 Å². The molecular formula is C16H23NO2S. The van der Waals surface area contributed by atoms with Crippen LogP contribution in [-0.4, -0.2) is 23.7 Å². The van der Waals surface area contributed by atoms with Crippen molar-refractivity contribution in [2.45, 2.75) is 52.0 Å². The molecular weight excluding hydrogens is 270 g/mol. The number of amides is 1. The van der Waals surface area contributed by atoms with E-state index in [1.165, 1.54) is 11.3 Å². The van der Waals surface area contributed by atoms with Gasteiger partial charge in [-0.15, -0.1) is 11.3 Å². The zero-order chi connectivity index (χ0) is 14.8. The van der Waals surface area contributed by atoms with Gasteiger partial charge in [0.05, 0.1) is 0 Å². The third-order valence-electron chi connectivity index (χ3n) is 3.05. The molecule has 0 spiro atoms. The molecule has 0 aliphatic carbocycles. The molecule has 1 unspecified atom stereocenters. The van der Waals surface area contributed by atoms with Gasteiger partial charge in [0.2, 0.25) is 0 Å². The standard InChI is InChI=1S/C16H23NO2S/c1-3-5-9-14(7-4-2)17-16(19)15-13(8-6-11-18)10-12-20-15/h10,12,14,18H,3-5,7,9,11H2,1-2H3,(H,17,19). The second kappa shape index (κ2) is 9.57. The van der Waals surface area contributed by atoms with E-state index in [1.54, 1.807) is 0 Å². The number of thiophene rings is 1. The highest BCUT2D eigenvalue weighted by atomic mass is 32.1. The molecule has 1 heterocycles. The van der Waals surface area contributed by atoms with Gasteiger partial charge in [-0.3, -0.25) is 4.79 Å².